The Morgan fingerprint density at radius 2 is 1.82 bits per heavy atom. The summed E-state index contributed by atoms with van der Waals surface area (Å²) in [6, 6.07) is 22.6. The maximum atomic E-state index is 12.8. The number of carbonyl (C=O) groups is 1. The molecule has 3 heterocycles. The molecule has 2 aromatic heterocycles. The van der Waals surface area contributed by atoms with Crippen LogP contribution >= 0.6 is 35.4 Å². The molecule has 0 aliphatic carbocycles. The number of aromatic nitrogens is 2. The number of nitrogens with one attached hydrogen (secondary N) is 2. The van der Waals surface area contributed by atoms with E-state index in [2.05, 4.69) is 45.0 Å². The van der Waals surface area contributed by atoms with Crippen LogP contribution < -0.4 is 10.6 Å². The quantitative estimate of drug-likeness (QED) is 0.242. The molecule has 1 fully saturated rings. The van der Waals surface area contributed by atoms with Gasteiger partial charge in [-0.1, -0.05) is 47.5 Å². The number of hydrogen-bond donors (Lipinski definition) is 2. The molecule has 0 saturated carbocycles. The minimum atomic E-state index is -0.185. The number of para-hydroxylation sites is 1. The first-order valence-electron chi connectivity index (χ1n) is 12.3. The molecule has 2 N–H and O–H groups in total. The average molecular weight is 565 g/mol. The highest BCUT2D eigenvalue weighted by molar-refractivity contribution is 7.80. The summed E-state index contributed by atoms with van der Waals surface area (Å²) in [5, 5.41) is 8.18. The van der Waals surface area contributed by atoms with E-state index in [1.54, 1.807) is 12.3 Å². The van der Waals surface area contributed by atoms with Crippen LogP contribution in [0.4, 0.5) is 5.69 Å². The summed E-state index contributed by atoms with van der Waals surface area (Å²) in [7, 11) is 0. The molecule has 1 amide bonds. The molecule has 0 bridgehead atoms. The number of benzene rings is 2. The maximum absolute atomic E-state index is 12.8. The van der Waals surface area contributed by atoms with Gasteiger partial charge < -0.3 is 20.1 Å². The minimum absolute atomic E-state index is 0.0718. The summed E-state index contributed by atoms with van der Waals surface area (Å²) in [5.41, 5.74) is 5.65. The molecule has 4 aromatic rings. The van der Waals surface area contributed by atoms with E-state index in [-0.39, 0.29) is 24.4 Å². The van der Waals surface area contributed by atoms with Crippen LogP contribution in [0.15, 0.2) is 79.0 Å². The average Bonchev–Trinajstić information content (AvgIpc) is 3.38. The van der Waals surface area contributed by atoms with Crippen molar-refractivity contribution in [3.8, 4) is 5.69 Å². The van der Waals surface area contributed by atoms with Gasteiger partial charge in [0.05, 0.1) is 28.5 Å². The number of nitrogens with zero attached hydrogens (tertiary/aromatic N) is 3. The fourth-order valence-electron chi connectivity index (χ4n) is 5.07. The lowest BCUT2D eigenvalue weighted by Gasteiger charge is -2.28. The van der Waals surface area contributed by atoms with Crippen LogP contribution in [0.1, 0.15) is 41.1 Å². The normalized spacial score (nSPS) is 16.9. The van der Waals surface area contributed by atoms with E-state index in [9.17, 15) is 4.79 Å². The standard InChI is InChI=1S/C29H27Cl2N5OS/c1-18-16-22(19(2)36(18)25-12-11-20(30)17-23(25)31)28-27(24-10-6-7-14-32-24)34-29(38)35(28)15-13-26(37)33-21-8-4-3-5-9-21/h3-12,14,16-17,27-28H,13,15H2,1-2H3,(H,33,37)(H,34,38)/t27-,28-/m0/s1. The van der Waals surface area contributed by atoms with Crippen molar-refractivity contribution < 1.29 is 4.79 Å². The molecule has 5 rings (SSSR count). The highest BCUT2D eigenvalue weighted by atomic mass is 35.5. The Hall–Kier alpha value is -3.39. The third-order valence-electron chi connectivity index (χ3n) is 6.77. The maximum Gasteiger partial charge on any atom is 0.226 e. The van der Waals surface area contributed by atoms with Crippen LogP contribution in [0.2, 0.25) is 10.0 Å². The Labute approximate surface area is 237 Å². The number of pyridine rings is 1. The van der Waals surface area contributed by atoms with Crippen molar-refractivity contribution in [1.82, 2.24) is 19.8 Å². The monoisotopic (exact) mass is 563 g/mol. The van der Waals surface area contributed by atoms with Crippen LogP contribution in [0, 0.1) is 13.8 Å². The lowest BCUT2D eigenvalue weighted by molar-refractivity contribution is -0.116. The van der Waals surface area contributed by atoms with Gasteiger partial charge in [0, 0.05) is 41.3 Å². The highest BCUT2D eigenvalue weighted by Gasteiger charge is 2.41. The van der Waals surface area contributed by atoms with Gasteiger partial charge in [0.1, 0.15) is 0 Å². The molecule has 1 saturated heterocycles. The predicted molar refractivity (Wildman–Crippen MR) is 157 cm³/mol. The number of rotatable bonds is 7. The first-order chi connectivity index (χ1) is 18.3. The highest BCUT2D eigenvalue weighted by Crippen LogP contribution is 2.42. The van der Waals surface area contributed by atoms with Gasteiger partial charge in [0.25, 0.3) is 0 Å². The first-order valence-corrected chi connectivity index (χ1v) is 13.5. The molecular formula is C29H27Cl2N5OS. The van der Waals surface area contributed by atoms with E-state index >= 15 is 0 Å². The fraction of sp³-hybridized carbons (Fsp3) is 0.207. The molecule has 9 heteroatoms. The number of aryl methyl sites for hydroxylation is 1. The minimum Gasteiger partial charge on any atom is -0.352 e. The number of hydrogen-bond acceptors (Lipinski definition) is 3. The van der Waals surface area contributed by atoms with Crippen LogP contribution in [0.3, 0.4) is 0 Å². The molecule has 194 valence electrons. The zero-order valence-corrected chi connectivity index (χ0v) is 23.3. The zero-order valence-electron chi connectivity index (χ0n) is 21.0. The topological polar surface area (TPSA) is 62.2 Å². The van der Waals surface area contributed by atoms with Crippen molar-refractivity contribution in [2.45, 2.75) is 32.4 Å². The van der Waals surface area contributed by atoms with Crippen LogP contribution in [-0.4, -0.2) is 32.0 Å². The summed E-state index contributed by atoms with van der Waals surface area (Å²) < 4.78 is 2.13. The van der Waals surface area contributed by atoms with Gasteiger partial charge in [-0.05, 0) is 80.2 Å². The smallest absolute Gasteiger partial charge is 0.226 e. The second kappa shape index (κ2) is 11.2. The Morgan fingerprint density at radius 3 is 2.53 bits per heavy atom. The van der Waals surface area contributed by atoms with E-state index in [1.807, 2.05) is 60.7 Å². The molecule has 6 nitrogen and oxygen atoms in total. The molecule has 2 aromatic carbocycles. The van der Waals surface area contributed by atoms with E-state index in [4.69, 9.17) is 35.4 Å². The van der Waals surface area contributed by atoms with Gasteiger partial charge in [0.2, 0.25) is 5.91 Å². The molecule has 2 atom stereocenters. The Bertz CT molecular complexity index is 1480. The second-order valence-corrected chi connectivity index (χ2v) is 10.5. The van der Waals surface area contributed by atoms with Crippen LogP contribution in [-0.2, 0) is 4.79 Å². The molecule has 0 radical (unpaired) electrons. The lowest BCUT2D eigenvalue weighted by atomic mass is 9.96. The Balaban J connectivity index is 1.49. The SMILES string of the molecule is Cc1cc([C@H]2[C@H](c3ccccn3)NC(=S)N2CCC(=O)Nc2ccccc2)c(C)n1-c1ccc(Cl)cc1Cl. The number of halogens is 2. The van der Waals surface area contributed by atoms with E-state index in [1.165, 1.54) is 0 Å². The number of anilines is 1. The van der Waals surface area contributed by atoms with Crippen molar-refractivity contribution in [2.75, 3.05) is 11.9 Å². The summed E-state index contributed by atoms with van der Waals surface area (Å²) in [6.45, 7) is 4.57. The summed E-state index contributed by atoms with van der Waals surface area (Å²) in [5.74, 6) is -0.0718. The van der Waals surface area contributed by atoms with Crippen LogP contribution in [0.25, 0.3) is 5.69 Å². The van der Waals surface area contributed by atoms with E-state index in [0.717, 1.165) is 34.0 Å². The van der Waals surface area contributed by atoms with Crippen LogP contribution in [0.5, 0.6) is 0 Å². The van der Waals surface area contributed by atoms with Crippen molar-refractivity contribution >= 4 is 52.1 Å². The van der Waals surface area contributed by atoms with Gasteiger partial charge in [-0.25, -0.2) is 0 Å². The third-order valence-corrected chi connectivity index (χ3v) is 7.66. The van der Waals surface area contributed by atoms with Gasteiger partial charge in [-0.15, -0.1) is 0 Å². The third kappa shape index (κ3) is 5.27. The van der Waals surface area contributed by atoms with Crippen molar-refractivity contribution in [1.29, 1.82) is 0 Å². The van der Waals surface area contributed by atoms with E-state index in [0.29, 0.717) is 21.7 Å². The molecule has 1 aliphatic rings. The summed E-state index contributed by atoms with van der Waals surface area (Å²) in [6.07, 6.45) is 2.06. The predicted octanol–water partition coefficient (Wildman–Crippen LogP) is 6.80. The van der Waals surface area contributed by atoms with Gasteiger partial charge >= 0.3 is 0 Å². The largest absolute Gasteiger partial charge is 0.352 e. The lowest BCUT2D eigenvalue weighted by Crippen LogP contribution is -2.32. The van der Waals surface area contributed by atoms with Gasteiger partial charge in [-0.2, -0.15) is 0 Å². The summed E-state index contributed by atoms with van der Waals surface area (Å²) in [4.78, 5) is 19.5. The van der Waals surface area contributed by atoms with Crippen molar-refractivity contribution in [2.24, 2.45) is 0 Å². The van der Waals surface area contributed by atoms with Crippen molar-refractivity contribution in [3.05, 3.63) is 112 Å². The van der Waals surface area contributed by atoms with Gasteiger partial charge in [0.15, 0.2) is 5.11 Å². The molecule has 0 spiro atoms. The summed E-state index contributed by atoms with van der Waals surface area (Å²) >= 11 is 18.6. The Kier molecular flexibility index (Phi) is 7.70. The zero-order chi connectivity index (χ0) is 26.8. The van der Waals surface area contributed by atoms with E-state index < -0.39 is 0 Å². The van der Waals surface area contributed by atoms with Crippen molar-refractivity contribution in [3.63, 3.8) is 0 Å². The number of carbonyl (C=O) groups excluding carboxylic acids is 1. The molecule has 0 unspecified atom stereocenters. The Morgan fingerprint density at radius 1 is 1.05 bits per heavy atom. The second-order valence-electron chi connectivity index (χ2n) is 9.24. The number of thiocarbonyl (C=S) groups is 1. The van der Waals surface area contributed by atoms with Gasteiger partial charge in [-0.3, -0.25) is 9.78 Å². The molecule has 1 aliphatic heterocycles. The molecular weight excluding hydrogens is 537 g/mol. The number of amides is 1. The fourth-order valence-corrected chi connectivity index (χ4v) is 5.90. The first kappa shape index (κ1) is 26.2. The molecule has 38 heavy (non-hydrogen) atoms.